The summed E-state index contributed by atoms with van der Waals surface area (Å²) in [5.41, 5.74) is 0.414. The van der Waals surface area contributed by atoms with Crippen molar-refractivity contribution in [1.82, 2.24) is 9.80 Å². The summed E-state index contributed by atoms with van der Waals surface area (Å²) in [5.74, 6) is 0.174. The number of benzene rings is 2. The number of hydrogen-bond donors (Lipinski definition) is 0. The monoisotopic (exact) mass is 405 g/mol. The lowest BCUT2D eigenvalue weighted by Gasteiger charge is -2.44. The highest BCUT2D eigenvalue weighted by Gasteiger charge is 2.36. The van der Waals surface area contributed by atoms with Gasteiger partial charge in [-0.1, -0.05) is 24.3 Å². The third-order valence-corrected chi connectivity index (χ3v) is 5.25. The van der Waals surface area contributed by atoms with Gasteiger partial charge in [-0.25, -0.2) is 4.79 Å². The van der Waals surface area contributed by atoms with Crippen molar-refractivity contribution in [2.75, 3.05) is 44.2 Å². The lowest BCUT2D eigenvalue weighted by molar-refractivity contribution is -0.137. The molecule has 8 heteroatoms. The predicted octanol–water partition coefficient (Wildman–Crippen LogP) is 3.71. The van der Waals surface area contributed by atoms with Gasteiger partial charge in [0.15, 0.2) is 0 Å². The van der Waals surface area contributed by atoms with E-state index in [-0.39, 0.29) is 17.9 Å². The quantitative estimate of drug-likeness (QED) is 0.781. The number of anilines is 1. The number of hydrogen-bond acceptors (Lipinski definition) is 3. The van der Waals surface area contributed by atoms with E-state index in [1.807, 2.05) is 23.1 Å². The molecule has 2 aromatic rings. The number of nitrogens with zero attached hydrogens (tertiary/aromatic N) is 3. The van der Waals surface area contributed by atoms with Gasteiger partial charge in [0.2, 0.25) is 0 Å². The number of alkyl halides is 3. The van der Waals surface area contributed by atoms with Crippen LogP contribution in [0.15, 0.2) is 54.6 Å². The van der Waals surface area contributed by atoms with Crippen molar-refractivity contribution in [2.24, 2.45) is 0 Å². The van der Waals surface area contributed by atoms with Crippen LogP contribution in [0, 0.1) is 0 Å². The number of urea groups is 1. The van der Waals surface area contributed by atoms with Gasteiger partial charge in [-0.15, -0.1) is 0 Å². The van der Waals surface area contributed by atoms with Crippen molar-refractivity contribution in [3.8, 4) is 5.75 Å². The van der Waals surface area contributed by atoms with Gasteiger partial charge in [-0.2, -0.15) is 13.2 Å². The van der Waals surface area contributed by atoms with Gasteiger partial charge in [0, 0.05) is 31.9 Å². The number of carbonyl (C=O) groups is 1. The molecule has 0 atom stereocenters. The Labute approximate surface area is 167 Å². The minimum atomic E-state index is -4.40. The summed E-state index contributed by atoms with van der Waals surface area (Å²) < 4.78 is 44.0. The number of carbonyl (C=O) groups excluding carboxylic acids is 1. The van der Waals surface area contributed by atoms with Crippen molar-refractivity contribution in [2.45, 2.75) is 12.3 Å². The third kappa shape index (κ3) is 4.41. The molecule has 2 amide bonds. The molecule has 0 aliphatic carbocycles. The van der Waals surface area contributed by atoms with Gasteiger partial charge in [-0.3, -0.25) is 0 Å². The van der Waals surface area contributed by atoms with Gasteiger partial charge in [-0.05, 0) is 30.3 Å². The Bertz CT molecular complexity index is 846. The fourth-order valence-corrected chi connectivity index (χ4v) is 3.60. The van der Waals surface area contributed by atoms with E-state index >= 15 is 0 Å². The molecule has 0 unspecified atom stereocenters. The van der Waals surface area contributed by atoms with Crippen LogP contribution in [0.4, 0.5) is 23.7 Å². The SMILES string of the molecule is O=C(N1CCN(c2ccccc2)CC1)N1CC(Oc2cccc(C(F)(F)F)c2)C1. The Kier molecular flexibility index (Phi) is 5.25. The second kappa shape index (κ2) is 7.85. The zero-order chi connectivity index (χ0) is 20.4. The standard InChI is InChI=1S/C21H22F3N3O2/c22-21(23,24)16-5-4-8-18(13-16)29-19-14-27(15-19)20(28)26-11-9-25(10-12-26)17-6-2-1-3-7-17/h1-8,13,19H,9-12,14-15H2. The van der Waals surface area contributed by atoms with Crippen molar-refractivity contribution >= 4 is 11.7 Å². The molecule has 2 aromatic carbocycles. The topological polar surface area (TPSA) is 36.0 Å². The van der Waals surface area contributed by atoms with E-state index in [4.69, 9.17) is 4.74 Å². The molecule has 0 radical (unpaired) electrons. The molecule has 2 saturated heterocycles. The first kappa shape index (κ1) is 19.4. The highest BCUT2D eigenvalue weighted by Crippen LogP contribution is 2.32. The average Bonchev–Trinajstić information content (AvgIpc) is 2.70. The summed E-state index contributed by atoms with van der Waals surface area (Å²) in [6.07, 6.45) is -4.68. The van der Waals surface area contributed by atoms with Crippen LogP contribution in [0.3, 0.4) is 0 Å². The van der Waals surface area contributed by atoms with Crippen LogP contribution in [-0.4, -0.2) is 61.2 Å². The predicted molar refractivity (Wildman–Crippen MR) is 103 cm³/mol. The van der Waals surface area contributed by atoms with Crippen molar-refractivity contribution < 1.29 is 22.7 Å². The lowest BCUT2D eigenvalue weighted by atomic mass is 10.1. The van der Waals surface area contributed by atoms with Crippen LogP contribution in [0.2, 0.25) is 0 Å². The summed E-state index contributed by atoms with van der Waals surface area (Å²) in [6.45, 7) is 3.59. The maximum Gasteiger partial charge on any atom is 0.416 e. The minimum Gasteiger partial charge on any atom is -0.487 e. The van der Waals surface area contributed by atoms with E-state index in [0.29, 0.717) is 26.2 Å². The zero-order valence-electron chi connectivity index (χ0n) is 15.8. The smallest absolute Gasteiger partial charge is 0.416 e. The molecular weight excluding hydrogens is 383 g/mol. The summed E-state index contributed by atoms with van der Waals surface area (Å²) in [5, 5.41) is 0. The summed E-state index contributed by atoms with van der Waals surface area (Å²) >= 11 is 0. The van der Waals surface area contributed by atoms with Crippen LogP contribution >= 0.6 is 0 Å². The lowest BCUT2D eigenvalue weighted by Crippen LogP contribution is -2.61. The highest BCUT2D eigenvalue weighted by molar-refractivity contribution is 5.76. The van der Waals surface area contributed by atoms with Gasteiger partial charge in [0.05, 0.1) is 18.7 Å². The molecule has 0 N–H and O–H groups in total. The maximum atomic E-state index is 12.8. The van der Waals surface area contributed by atoms with E-state index in [0.717, 1.165) is 30.9 Å². The van der Waals surface area contributed by atoms with Crippen LogP contribution < -0.4 is 9.64 Å². The molecule has 5 nitrogen and oxygen atoms in total. The summed E-state index contributed by atoms with van der Waals surface area (Å²) in [6, 6.07) is 14.9. The van der Waals surface area contributed by atoms with Gasteiger partial charge >= 0.3 is 12.2 Å². The Hall–Kier alpha value is -2.90. The molecule has 2 aliphatic heterocycles. The molecule has 0 aromatic heterocycles. The molecule has 2 fully saturated rings. The number of rotatable bonds is 3. The maximum absolute atomic E-state index is 12.8. The molecule has 0 saturated carbocycles. The van der Waals surface area contributed by atoms with E-state index in [1.165, 1.54) is 12.1 Å². The number of ether oxygens (including phenoxy) is 1. The summed E-state index contributed by atoms with van der Waals surface area (Å²) in [7, 11) is 0. The van der Waals surface area contributed by atoms with Crippen molar-refractivity contribution in [3.05, 3.63) is 60.2 Å². The Balaban J connectivity index is 1.25. The number of likely N-dealkylation sites (tertiary alicyclic amines) is 1. The molecule has 0 bridgehead atoms. The van der Waals surface area contributed by atoms with Crippen LogP contribution in [0.1, 0.15) is 5.56 Å². The first-order valence-corrected chi connectivity index (χ1v) is 9.58. The van der Waals surface area contributed by atoms with Crippen molar-refractivity contribution in [1.29, 1.82) is 0 Å². The van der Waals surface area contributed by atoms with E-state index in [1.54, 1.807) is 4.90 Å². The molecule has 0 spiro atoms. The van der Waals surface area contributed by atoms with Gasteiger partial charge < -0.3 is 19.4 Å². The molecule has 4 rings (SSSR count). The normalized spacial score (nSPS) is 17.8. The van der Waals surface area contributed by atoms with Crippen LogP contribution in [-0.2, 0) is 6.18 Å². The van der Waals surface area contributed by atoms with Gasteiger partial charge in [0.1, 0.15) is 11.9 Å². The second-order valence-electron chi connectivity index (χ2n) is 7.26. The summed E-state index contributed by atoms with van der Waals surface area (Å²) in [4.78, 5) is 18.4. The first-order valence-electron chi connectivity index (χ1n) is 9.58. The molecular formula is C21H22F3N3O2. The van der Waals surface area contributed by atoms with E-state index in [2.05, 4.69) is 17.0 Å². The molecule has 2 heterocycles. The van der Waals surface area contributed by atoms with E-state index in [9.17, 15) is 18.0 Å². The second-order valence-corrected chi connectivity index (χ2v) is 7.26. The van der Waals surface area contributed by atoms with Crippen molar-refractivity contribution in [3.63, 3.8) is 0 Å². The Morgan fingerprint density at radius 1 is 0.897 bits per heavy atom. The van der Waals surface area contributed by atoms with Crippen LogP contribution in [0.25, 0.3) is 0 Å². The Morgan fingerprint density at radius 3 is 2.24 bits per heavy atom. The largest absolute Gasteiger partial charge is 0.487 e. The minimum absolute atomic E-state index is 0.0402. The number of para-hydroxylation sites is 1. The van der Waals surface area contributed by atoms with Gasteiger partial charge in [0.25, 0.3) is 0 Å². The third-order valence-electron chi connectivity index (χ3n) is 5.25. The van der Waals surface area contributed by atoms with E-state index < -0.39 is 11.7 Å². The molecule has 29 heavy (non-hydrogen) atoms. The average molecular weight is 405 g/mol. The number of amides is 2. The Morgan fingerprint density at radius 2 is 1.59 bits per heavy atom. The zero-order valence-corrected chi connectivity index (χ0v) is 15.8. The highest BCUT2D eigenvalue weighted by atomic mass is 19.4. The first-order chi connectivity index (χ1) is 13.9. The number of halogens is 3. The van der Waals surface area contributed by atoms with Crippen LogP contribution in [0.5, 0.6) is 5.75 Å². The molecule has 2 aliphatic rings. The molecule has 154 valence electrons. The fraction of sp³-hybridized carbons (Fsp3) is 0.381. The number of piperazine rings is 1. The fourth-order valence-electron chi connectivity index (χ4n) is 3.60.